The molecule has 2 N–H and O–H groups in total. The Hall–Kier alpha value is -2.40. The molecule has 1 aromatic carbocycles. The number of benzene rings is 1. The predicted molar refractivity (Wildman–Crippen MR) is 81.8 cm³/mol. The number of halogens is 1. The Kier molecular flexibility index (Phi) is 4.55. The maximum absolute atomic E-state index is 12.1. The zero-order valence-corrected chi connectivity index (χ0v) is 12.4. The number of pyridine rings is 1. The summed E-state index contributed by atoms with van der Waals surface area (Å²) >= 11 is 5.69. The van der Waals surface area contributed by atoms with Crippen LogP contribution in [-0.2, 0) is 0 Å². The zero-order valence-electron chi connectivity index (χ0n) is 11.6. The second kappa shape index (κ2) is 6.37. The van der Waals surface area contributed by atoms with E-state index in [1.54, 1.807) is 37.4 Å². The van der Waals surface area contributed by atoms with Crippen LogP contribution in [0.2, 0.25) is 5.15 Å². The Labute approximate surface area is 127 Å². The fraction of sp³-hybridized carbons (Fsp3) is 0.133. The average Bonchev–Trinajstić information content (AvgIpc) is 2.49. The first-order valence-electron chi connectivity index (χ1n) is 6.27. The summed E-state index contributed by atoms with van der Waals surface area (Å²) in [6.45, 7) is 1.85. The van der Waals surface area contributed by atoms with Crippen LogP contribution in [0.5, 0.6) is 0 Å². The third kappa shape index (κ3) is 3.58. The predicted octanol–water partition coefficient (Wildman–Crippen LogP) is 2.66. The number of amides is 2. The molecular weight excluding hydrogens is 290 g/mol. The van der Waals surface area contributed by atoms with E-state index in [4.69, 9.17) is 11.6 Å². The van der Waals surface area contributed by atoms with Crippen molar-refractivity contribution in [3.63, 3.8) is 0 Å². The number of aromatic nitrogens is 1. The summed E-state index contributed by atoms with van der Waals surface area (Å²) in [6.07, 6.45) is 1.40. The molecule has 1 aromatic heterocycles. The lowest BCUT2D eigenvalue weighted by molar-refractivity contribution is 0.0961. The first-order chi connectivity index (χ1) is 10.0. The topological polar surface area (TPSA) is 71.1 Å². The van der Waals surface area contributed by atoms with Crippen molar-refractivity contribution < 1.29 is 9.59 Å². The number of aryl methyl sites for hydroxylation is 1. The number of nitrogens with zero attached hydrogens (tertiary/aromatic N) is 1. The van der Waals surface area contributed by atoms with E-state index in [2.05, 4.69) is 15.6 Å². The molecule has 0 aliphatic carbocycles. The van der Waals surface area contributed by atoms with Crippen LogP contribution in [0, 0.1) is 6.92 Å². The Bertz CT molecular complexity index is 684. The molecule has 1 heterocycles. The molecule has 108 valence electrons. The molecule has 0 aliphatic rings. The van der Waals surface area contributed by atoms with Gasteiger partial charge in [0, 0.05) is 24.5 Å². The fourth-order valence-corrected chi connectivity index (χ4v) is 1.86. The molecule has 5 nitrogen and oxygen atoms in total. The largest absolute Gasteiger partial charge is 0.355 e. The third-order valence-corrected chi connectivity index (χ3v) is 3.19. The second-order valence-corrected chi connectivity index (χ2v) is 4.82. The van der Waals surface area contributed by atoms with E-state index in [1.165, 1.54) is 6.20 Å². The van der Waals surface area contributed by atoms with E-state index in [1.807, 2.05) is 6.92 Å². The average molecular weight is 304 g/mol. The van der Waals surface area contributed by atoms with E-state index in [-0.39, 0.29) is 11.8 Å². The number of carbonyl (C=O) groups excluding carboxylic acids is 2. The van der Waals surface area contributed by atoms with Crippen LogP contribution in [0.1, 0.15) is 26.3 Å². The number of hydrogen-bond donors (Lipinski definition) is 2. The van der Waals surface area contributed by atoms with Gasteiger partial charge in [0.2, 0.25) is 0 Å². The van der Waals surface area contributed by atoms with Crippen molar-refractivity contribution in [1.29, 1.82) is 0 Å². The summed E-state index contributed by atoms with van der Waals surface area (Å²) < 4.78 is 0. The maximum Gasteiger partial charge on any atom is 0.257 e. The summed E-state index contributed by atoms with van der Waals surface area (Å²) in [6, 6.07) is 8.25. The lowest BCUT2D eigenvalue weighted by Crippen LogP contribution is -2.19. The van der Waals surface area contributed by atoms with Gasteiger partial charge in [-0.25, -0.2) is 4.98 Å². The summed E-state index contributed by atoms with van der Waals surface area (Å²) in [5.41, 5.74) is 2.31. The highest BCUT2D eigenvalue weighted by Gasteiger charge is 2.11. The summed E-state index contributed by atoms with van der Waals surface area (Å²) in [4.78, 5) is 27.6. The lowest BCUT2D eigenvalue weighted by atomic mass is 10.1. The second-order valence-electron chi connectivity index (χ2n) is 4.43. The van der Waals surface area contributed by atoms with Crippen molar-refractivity contribution in [2.75, 3.05) is 12.4 Å². The van der Waals surface area contributed by atoms with Gasteiger partial charge in [0.1, 0.15) is 5.15 Å². The fourth-order valence-electron chi connectivity index (χ4n) is 1.75. The maximum atomic E-state index is 12.1. The van der Waals surface area contributed by atoms with Crippen LogP contribution in [-0.4, -0.2) is 23.8 Å². The zero-order chi connectivity index (χ0) is 15.4. The van der Waals surface area contributed by atoms with Crippen LogP contribution >= 0.6 is 11.6 Å². The molecule has 0 saturated carbocycles. The standard InChI is InChI=1S/C15H14ClN3O2/c1-9-3-4-10(14(20)17-2)7-12(9)19-15(21)11-5-6-13(16)18-8-11/h3-8H,1-2H3,(H,17,20)(H,19,21). The van der Waals surface area contributed by atoms with Gasteiger partial charge in [-0.2, -0.15) is 0 Å². The lowest BCUT2D eigenvalue weighted by Gasteiger charge is -2.10. The van der Waals surface area contributed by atoms with Crippen molar-refractivity contribution in [1.82, 2.24) is 10.3 Å². The van der Waals surface area contributed by atoms with E-state index in [0.717, 1.165) is 5.56 Å². The van der Waals surface area contributed by atoms with Gasteiger partial charge < -0.3 is 10.6 Å². The van der Waals surface area contributed by atoms with Gasteiger partial charge in [0.05, 0.1) is 5.56 Å². The molecule has 0 radical (unpaired) electrons. The van der Waals surface area contributed by atoms with Crippen molar-refractivity contribution >= 4 is 29.1 Å². The van der Waals surface area contributed by atoms with Gasteiger partial charge in [0.15, 0.2) is 0 Å². The van der Waals surface area contributed by atoms with Gasteiger partial charge in [0.25, 0.3) is 11.8 Å². The normalized spacial score (nSPS) is 10.0. The van der Waals surface area contributed by atoms with Gasteiger partial charge >= 0.3 is 0 Å². The highest BCUT2D eigenvalue weighted by molar-refractivity contribution is 6.29. The van der Waals surface area contributed by atoms with Crippen LogP contribution < -0.4 is 10.6 Å². The Morgan fingerprint density at radius 2 is 1.81 bits per heavy atom. The first kappa shape index (κ1) is 15.0. The van der Waals surface area contributed by atoms with E-state index in [9.17, 15) is 9.59 Å². The van der Waals surface area contributed by atoms with Crippen molar-refractivity contribution in [3.05, 3.63) is 58.4 Å². The quantitative estimate of drug-likeness (QED) is 0.856. The van der Waals surface area contributed by atoms with E-state index >= 15 is 0 Å². The Balaban J connectivity index is 2.24. The van der Waals surface area contributed by atoms with Crippen LogP contribution in [0.15, 0.2) is 36.5 Å². The molecule has 21 heavy (non-hydrogen) atoms. The smallest absolute Gasteiger partial charge is 0.257 e. The SMILES string of the molecule is CNC(=O)c1ccc(C)c(NC(=O)c2ccc(Cl)nc2)c1. The van der Waals surface area contributed by atoms with E-state index in [0.29, 0.717) is 22.0 Å². The summed E-state index contributed by atoms with van der Waals surface area (Å²) in [5, 5.41) is 5.63. The summed E-state index contributed by atoms with van der Waals surface area (Å²) in [7, 11) is 1.56. The molecule has 2 aromatic rings. The molecule has 0 spiro atoms. The van der Waals surface area contributed by atoms with Crippen molar-refractivity contribution in [2.24, 2.45) is 0 Å². The highest BCUT2D eigenvalue weighted by Crippen LogP contribution is 2.18. The molecule has 0 unspecified atom stereocenters. The minimum Gasteiger partial charge on any atom is -0.355 e. The molecule has 2 rings (SSSR count). The Morgan fingerprint density at radius 1 is 1.10 bits per heavy atom. The molecule has 0 saturated heterocycles. The van der Waals surface area contributed by atoms with Crippen molar-refractivity contribution in [2.45, 2.75) is 6.92 Å². The van der Waals surface area contributed by atoms with E-state index < -0.39 is 0 Å². The van der Waals surface area contributed by atoms with Crippen LogP contribution in [0.3, 0.4) is 0 Å². The Morgan fingerprint density at radius 3 is 2.43 bits per heavy atom. The number of rotatable bonds is 3. The molecule has 0 aliphatic heterocycles. The first-order valence-corrected chi connectivity index (χ1v) is 6.64. The molecule has 2 amide bonds. The highest BCUT2D eigenvalue weighted by atomic mass is 35.5. The molecular formula is C15H14ClN3O2. The van der Waals surface area contributed by atoms with Crippen LogP contribution in [0.25, 0.3) is 0 Å². The molecule has 6 heteroatoms. The number of hydrogen-bond acceptors (Lipinski definition) is 3. The van der Waals surface area contributed by atoms with Crippen molar-refractivity contribution in [3.8, 4) is 0 Å². The summed E-state index contributed by atoms with van der Waals surface area (Å²) in [5.74, 6) is -0.519. The minimum absolute atomic E-state index is 0.210. The minimum atomic E-state index is -0.309. The van der Waals surface area contributed by atoms with Gasteiger partial charge in [-0.05, 0) is 36.8 Å². The molecule has 0 bridgehead atoms. The monoisotopic (exact) mass is 303 g/mol. The number of carbonyl (C=O) groups is 2. The molecule has 0 atom stereocenters. The third-order valence-electron chi connectivity index (χ3n) is 2.96. The van der Waals surface area contributed by atoms with Crippen LogP contribution in [0.4, 0.5) is 5.69 Å². The van der Waals surface area contributed by atoms with Gasteiger partial charge in [-0.1, -0.05) is 17.7 Å². The molecule has 0 fully saturated rings. The number of nitrogens with one attached hydrogen (secondary N) is 2. The number of anilines is 1. The van der Waals surface area contributed by atoms with Gasteiger partial charge in [-0.15, -0.1) is 0 Å². The van der Waals surface area contributed by atoms with Gasteiger partial charge in [-0.3, -0.25) is 9.59 Å².